The molecule has 13 heavy (non-hydrogen) atoms. The van der Waals surface area contributed by atoms with Crippen LogP contribution in [-0.2, 0) is 4.74 Å². The van der Waals surface area contributed by atoms with Crippen molar-refractivity contribution >= 4 is 0 Å². The molecule has 0 radical (unpaired) electrons. The second kappa shape index (κ2) is 4.97. The molecule has 0 aromatic rings. The highest BCUT2D eigenvalue weighted by atomic mass is 16.5. The molecule has 0 heterocycles. The Balaban J connectivity index is 2.46. The van der Waals surface area contributed by atoms with E-state index in [-0.39, 0.29) is 0 Å². The van der Waals surface area contributed by atoms with Crippen molar-refractivity contribution < 1.29 is 4.74 Å². The van der Waals surface area contributed by atoms with Crippen LogP contribution in [0, 0.1) is 5.41 Å². The summed E-state index contributed by atoms with van der Waals surface area (Å²) in [5, 5.41) is 3.32. The lowest BCUT2D eigenvalue weighted by Gasteiger charge is -2.31. The van der Waals surface area contributed by atoms with Crippen LogP contribution in [0.5, 0.6) is 0 Å². The van der Waals surface area contributed by atoms with Gasteiger partial charge in [-0.3, -0.25) is 0 Å². The van der Waals surface area contributed by atoms with E-state index in [0.29, 0.717) is 11.5 Å². The first-order valence-corrected chi connectivity index (χ1v) is 5.40. The predicted octanol–water partition coefficient (Wildman–Crippen LogP) is 2.19. The summed E-state index contributed by atoms with van der Waals surface area (Å²) < 4.78 is 5.36. The number of ether oxygens (including phenoxy) is 1. The molecule has 2 nitrogen and oxygen atoms in total. The topological polar surface area (TPSA) is 21.3 Å². The average Bonchev–Trinajstić information content (AvgIpc) is 2.54. The van der Waals surface area contributed by atoms with E-state index in [2.05, 4.69) is 19.3 Å². The fourth-order valence-corrected chi connectivity index (χ4v) is 2.65. The monoisotopic (exact) mass is 185 g/mol. The van der Waals surface area contributed by atoms with Gasteiger partial charge in [0, 0.05) is 13.7 Å². The molecule has 0 aromatic heterocycles. The van der Waals surface area contributed by atoms with Crippen LogP contribution in [0.15, 0.2) is 0 Å². The Bertz CT molecular complexity index is 141. The minimum Gasteiger partial charge on any atom is -0.382 e. The fourth-order valence-electron chi connectivity index (χ4n) is 2.65. The molecule has 1 atom stereocenters. The molecule has 1 fully saturated rings. The maximum atomic E-state index is 5.36. The van der Waals surface area contributed by atoms with Gasteiger partial charge in [0.15, 0.2) is 0 Å². The Morgan fingerprint density at radius 1 is 1.38 bits per heavy atom. The van der Waals surface area contributed by atoms with Crippen LogP contribution >= 0.6 is 0 Å². The lowest BCUT2D eigenvalue weighted by molar-refractivity contribution is 0.0657. The summed E-state index contributed by atoms with van der Waals surface area (Å²) in [6, 6.07) is 0. The van der Waals surface area contributed by atoms with E-state index in [1.165, 1.54) is 32.1 Å². The highest BCUT2D eigenvalue weighted by Crippen LogP contribution is 2.41. The highest BCUT2D eigenvalue weighted by Gasteiger charge is 2.34. The summed E-state index contributed by atoms with van der Waals surface area (Å²) in [6.45, 7) is 3.33. The molecule has 1 N–H and O–H groups in total. The Labute approximate surface area is 82.0 Å². The summed E-state index contributed by atoms with van der Waals surface area (Å²) in [7, 11) is 3.87. The smallest absolute Gasteiger partial charge is 0.0549 e. The molecule has 1 aliphatic rings. The van der Waals surface area contributed by atoms with E-state index in [4.69, 9.17) is 4.74 Å². The average molecular weight is 185 g/mol. The zero-order valence-corrected chi connectivity index (χ0v) is 9.23. The zero-order chi connectivity index (χ0) is 9.73. The summed E-state index contributed by atoms with van der Waals surface area (Å²) in [6.07, 6.45) is 7.18. The Morgan fingerprint density at radius 3 is 2.46 bits per heavy atom. The van der Waals surface area contributed by atoms with Gasteiger partial charge in [0.05, 0.1) is 6.10 Å². The predicted molar refractivity (Wildman–Crippen MR) is 55.9 cm³/mol. The molecule has 1 saturated carbocycles. The van der Waals surface area contributed by atoms with Gasteiger partial charge in [-0.2, -0.15) is 0 Å². The first-order chi connectivity index (χ1) is 6.22. The summed E-state index contributed by atoms with van der Waals surface area (Å²) in [5.41, 5.74) is 0.532. The molecule has 0 bridgehead atoms. The van der Waals surface area contributed by atoms with Crippen molar-refractivity contribution in [3.63, 3.8) is 0 Å². The number of methoxy groups -OCH3 is 1. The van der Waals surface area contributed by atoms with Crippen LogP contribution in [-0.4, -0.2) is 26.8 Å². The molecule has 0 amide bonds. The largest absolute Gasteiger partial charge is 0.382 e. The van der Waals surface area contributed by atoms with Gasteiger partial charge in [0.25, 0.3) is 0 Å². The van der Waals surface area contributed by atoms with E-state index in [1.54, 1.807) is 0 Å². The van der Waals surface area contributed by atoms with Crippen molar-refractivity contribution in [3.05, 3.63) is 0 Å². The third-order valence-electron chi connectivity index (χ3n) is 3.34. The summed E-state index contributed by atoms with van der Waals surface area (Å²) in [5.74, 6) is 0. The normalized spacial score (nSPS) is 23.3. The van der Waals surface area contributed by atoms with Gasteiger partial charge in [0.2, 0.25) is 0 Å². The van der Waals surface area contributed by atoms with Crippen LogP contribution in [0.2, 0.25) is 0 Å². The van der Waals surface area contributed by atoms with Crippen LogP contribution in [0.4, 0.5) is 0 Å². The maximum absolute atomic E-state index is 5.36. The van der Waals surface area contributed by atoms with Crippen LogP contribution in [0.1, 0.15) is 39.0 Å². The minimum atomic E-state index is 0.409. The first kappa shape index (κ1) is 11.0. The Kier molecular flexibility index (Phi) is 4.20. The lowest BCUT2D eigenvalue weighted by atomic mass is 9.81. The van der Waals surface area contributed by atoms with Crippen molar-refractivity contribution in [2.75, 3.05) is 20.7 Å². The fraction of sp³-hybridized carbons (Fsp3) is 1.00. The zero-order valence-electron chi connectivity index (χ0n) is 9.23. The van der Waals surface area contributed by atoms with E-state index < -0.39 is 0 Å². The molecule has 1 rings (SSSR count). The molecule has 0 spiro atoms. The molecule has 0 saturated heterocycles. The molecule has 78 valence electrons. The quantitative estimate of drug-likeness (QED) is 0.709. The van der Waals surface area contributed by atoms with Gasteiger partial charge in [-0.25, -0.2) is 0 Å². The van der Waals surface area contributed by atoms with Crippen LogP contribution < -0.4 is 5.32 Å². The standard InChI is InChI=1S/C11H23NO/c1-10(13-3)8-11(9-12-2)6-4-5-7-11/h10,12H,4-9H2,1-3H3. The van der Waals surface area contributed by atoms with Crippen molar-refractivity contribution in [2.45, 2.75) is 45.1 Å². The molecule has 0 aromatic carbocycles. The molecule has 1 aliphatic carbocycles. The Morgan fingerprint density at radius 2 is 2.00 bits per heavy atom. The maximum Gasteiger partial charge on any atom is 0.0549 e. The highest BCUT2D eigenvalue weighted by molar-refractivity contribution is 4.87. The number of hydrogen-bond donors (Lipinski definition) is 1. The van der Waals surface area contributed by atoms with Crippen molar-refractivity contribution in [1.82, 2.24) is 5.32 Å². The molecule has 0 aliphatic heterocycles. The number of hydrogen-bond acceptors (Lipinski definition) is 2. The second-order valence-corrected chi connectivity index (χ2v) is 4.49. The van der Waals surface area contributed by atoms with Crippen LogP contribution in [0.3, 0.4) is 0 Å². The number of rotatable bonds is 5. The molecule has 1 unspecified atom stereocenters. The molecular weight excluding hydrogens is 162 g/mol. The van der Waals surface area contributed by atoms with Gasteiger partial charge in [-0.15, -0.1) is 0 Å². The van der Waals surface area contributed by atoms with Gasteiger partial charge in [-0.1, -0.05) is 12.8 Å². The first-order valence-electron chi connectivity index (χ1n) is 5.40. The van der Waals surface area contributed by atoms with E-state index in [9.17, 15) is 0 Å². The van der Waals surface area contributed by atoms with Gasteiger partial charge < -0.3 is 10.1 Å². The van der Waals surface area contributed by atoms with Gasteiger partial charge in [0.1, 0.15) is 0 Å². The third-order valence-corrected chi connectivity index (χ3v) is 3.34. The summed E-state index contributed by atoms with van der Waals surface area (Å²) >= 11 is 0. The SMILES string of the molecule is CNCC1(CC(C)OC)CCCC1. The van der Waals surface area contributed by atoms with Gasteiger partial charge >= 0.3 is 0 Å². The second-order valence-electron chi connectivity index (χ2n) is 4.49. The number of nitrogens with one attached hydrogen (secondary N) is 1. The van der Waals surface area contributed by atoms with Gasteiger partial charge in [-0.05, 0) is 38.6 Å². The van der Waals surface area contributed by atoms with E-state index in [1.807, 2.05) is 7.11 Å². The lowest BCUT2D eigenvalue weighted by Crippen LogP contribution is -2.33. The van der Waals surface area contributed by atoms with Crippen molar-refractivity contribution in [2.24, 2.45) is 5.41 Å². The summed E-state index contributed by atoms with van der Waals surface area (Å²) in [4.78, 5) is 0. The van der Waals surface area contributed by atoms with E-state index >= 15 is 0 Å². The third kappa shape index (κ3) is 2.96. The van der Waals surface area contributed by atoms with Crippen molar-refractivity contribution in [1.29, 1.82) is 0 Å². The van der Waals surface area contributed by atoms with Crippen LogP contribution in [0.25, 0.3) is 0 Å². The molecular formula is C11H23NO. The molecule has 2 heteroatoms. The van der Waals surface area contributed by atoms with E-state index in [0.717, 1.165) is 6.54 Å². The van der Waals surface area contributed by atoms with Crippen molar-refractivity contribution in [3.8, 4) is 0 Å². The minimum absolute atomic E-state index is 0.409. The Hall–Kier alpha value is -0.0800.